The SMILES string of the molecule is CC/C=C/CC/C=C/CC/C=C/C(O)C(COC1OC(CO)C(O)C(O)C1O)NC(=O)CC/C=C\C/C=C\CCCCCCCCOC(=O)CCCCCCC/C=C\CCCCCCC. The Hall–Kier alpha value is -2.90. The first-order valence-electron chi connectivity index (χ1n) is 25.7. The van der Waals surface area contributed by atoms with Crippen LogP contribution in [0.4, 0.5) is 0 Å². The Morgan fingerprint density at radius 1 is 0.585 bits per heavy atom. The highest BCUT2D eigenvalue weighted by Crippen LogP contribution is 2.22. The minimum atomic E-state index is -1.60. The third-order valence-electron chi connectivity index (χ3n) is 11.5. The molecule has 0 radical (unpaired) electrons. The maximum atomic E-state index is 12.9. The summed E-state index contributed by atoms with van der Waals surface area (Å²) in [6.07, 6.45) is 45.8. The Morgan fingerprint density at radius 3 is 1.72 bits per heavy atom. The molecule has 0 aromatic carbocycles. The number of amides is 1. The van der Waals surface area contributed by atoms with E-state index in [-0.39, 0.29) is 24.9 Å². The van der Waals surface area contributed by atoms with Gasteiger partial charge in [-0.2, -0.15) is 0 Å². The van der Waals surface area contributed by atoms with E-state index in [0.29, 0.717) is 25.9 Å². The Morgan fingerprint density at radius 2 is 1.11 bits per heavy atom. The van der Waals surface area contributed by atoms with E-state index >= 15 is 0 Å². The van der Waals surface area contributed by atoms with Crippen molar-refractivity contribution in [2.75, 3.05) is 19.8 Å². The van der Waals surface area contributed by atoms with Crippen molar-refractivity contribution in [1.82, 2.24) is 5.32 Å². The third kappa shape index (κ3) is 34.1. The van der Waals surface area contributed by atoms with Crippen LogP contribution in [0.1, 0.15) is 194 Å². The van der Waals surface area contributed by atoms with Crippen LogP contribution in [0.25, 0.3) is 0 Å². The van der Waals surface area contributed by atoms with E-state index in [4.69, 9.17) is 14.2 Å². The maximum absolute atomic E-state index is 12.9. The number of esters is 1. The molecule has 0 aromatic heterocycles. The number of aliphatic hydroxyl groups excluding tert-OH is 5. The summed E-state index contributed by atoms with van der Waals surface area (Å²) in [5, 5.41) is 54.0. The van der Waals surface area contributed by atoms with Gasteiger partial charge in [0.1, 0.15) is 24.4 Å². The number of rotatable bonds is 42. The van der Waals surface area contributed by atoms with Gasteiger partial charge in [-0.25, -0.2) is 0 Å². The molecule has 6 N–H and O–H groups in total. The number of aliphatic hydroxyl groups is 5. The molecule has 0 aliphatic carbocycles. The predicted octanol–water partition coefficient (Wildman–Crippen LogP) is 10.5. The summed E-state index contributed by atoms with van der Waals surface area (Å²) >= 11 is 0. The van der Waals surface area contributed by atoms with Crippen LogP contribution in [-0.4, -0.2) is 100 Å². The van der Waals surface area contributed by atoms with Crippen LogP contribution in [0.2, 0.25) is 0 Å². The number of allylic oxidation sites excluding steroid dienone is 11. The van der Waals surface area contributed by atoms with Crippen LogP contribution in [-0.2, 0) is 23.8 Å². The topological polar surface area (TPSA) is 175 Å². The first-order valence-corrected chi connectivity index (χ1v) is 25.7. The van der Waals surface area contributed by atoms with Gasteiger partial charge in [-0.3, -0.25) is 9.59 Å². The lowest BCUT2D eigenvalue weighted by molar-refractivity contribution is -0.302. The molecule has 1 aliphatic rings. The van der Waals surface area contributed by atoms with Crippen LogP contribution in [0.3, 0.4) is 0 Å². The Labute approximate surface area is 394 Å². The van der Waals surface area contributed by atoms with Gasteiger partial charge in [0.2, 0.25) is 5.91 Å². The first-order chi connectivity index (χ1) is 31.7. The zero-order chi connectivity index (χ0) is 47.4. The standard InChI is InChI=1S/C54H93NO10/c1-3-5-7-9-11-13-15-16-19-22-26-30-34-38-42-50(59)63-43-39-35-31-27-23-20-17-18-21-25-29-33-37-41-49(58)55-46(45-64-54-53(62)52(61)51(60)48(44-56)65-54)47(57)40-36-32-28-24-14-12-10-8-6-4-2/h6,8,14-16,18,21,24,29,33,36,40,46-48,51-54,56-57,60-62H,3-5,7,9-13,17,19-20,22-23,25-28,30-32,34-35,37-39,41-45H2,1-2H3,(H,55,58)/b8-6+,16-15-,21-18-,24-14+,33-29-,40-36+. The van der Waals surface area contributed by atoms with Crippen LogP contribution < -0.4 is 5.32 Å². The molecule has 1 aliphatic heterocycles. The molecule has 1 amide bonds. The summed E-state index contributed by atoms with van der Waals surface area (Å²) in [6.45, 7) is 4.06. The number of carbonyl (C=O) groups is 2. The molecular formula is C54H93NO10. The van der Waals surface area contributed by atoms with Crippen LogP contribution in [0.15, 0.2) is 72.9 Å². The smallest absolute Gasteiger partial charge is 0.305 e. The zero-order valence-electron chi connectivity index (χ0n) is 40.7. The van der Waals surface area contributed by atoms with Gasteiger partial charge in [0.25, 0.3) is 0 Å². The second-order valence-electron chi connectivity index (χ2n) is 17.5. The summed E-state index contributed by atoms with van der Waals surface area (Å²) in [5.74, 6) is -0.334. The number of nitrogens with one attached hydrogen (secondary N) is 1. The fourth-order valence-electron chi connectivity index (χ4n) is 7.40. The minimum absolute atomic E-state index is 0.0514. The molecule has 0 bridgehead atoms. The van der Waals surface area contributed by atoms with E-state index < -0.39 is 49.5 Å². The Kier molecular flexibility index (Phi) is 40.4. The van der Waals surface area contributed by atoms with E-state index in [2.05, 4.69) is 67.8 Å². The monoisotopic (exact) mass is 916 g/mol. The summed E-state index contributed by atoms with van der Waals surface area (Å²) in [4.78, 5) is 25.0. The normalized spacial score (nSPS) is 20.4. The highest BCUT2D eigenvalue weighted by molar-refractivity contribution is 5.76. The van der Waals surface area contributed by atoms with Crippen molar-refractivity contribution in [3.8, 4) is 0 Å². The van der Waals surface area contributed by atoms with Gasteiger partial charge in [-0.15, -0.1) is 0 Å². The molecule has 11 nitrogen and oxygen atoms in total. The van der Waals surface area contributed by atoms with Crippen molar-refractivity contribution in [2.24, 2.45) is 0 Å². The largest absolute Gasteiger partial charge is 0.466 e. The average molecular weight is 916 g/mol. The summed E-state index contributed by atoms with van der Waals surface area (Å²) in [5.41, 5.74) is 0. The lowest BCUT2D eigenvalue weighted by Gasteiger charge is -2.40. The number of ether oxygens (including phenoxy) is 3. The molecule has 1 fully saturated rings. The molecule has 1 heterocycles. The van der Waals surface area contributed by atoms with E-state index in [1.807, 2.05) is 18.2 Å². The number of carbonyl (C=O) groups excluding carboxylic acids is 2. The second-order valence-corrected chi connectivity index (χ2v) is 17.5. The van der Waals surface area contributed by atoms with Gasteiger partial charge < -0.3 is 45.1 Å². The lowest BCUT2D eigenvalue weighted by Crippen LogP contribution is -2.60. The highest BCUT2D eigenvalue weighted by atomic mass is 16.7. The molecule has 11 heteroatoms. The molecule has 7 atom stereocenters. The van der Waals surface area contributed by atoms with Gasteiger partial charge in [-0.05, 0) is 96.3 Å². The molecule has 65 heavy (non-hydrogen) atoms. The maximum Gasteiger partial charge on any atom is 0.305 e. The van der Waals surface area contributed by atoms with Crippen LogP contribution >= 0.6 is 0 Å². The van der Waals surface area contributed by atoms with Gasteiger partial charge in [0.15, 0.2) is 6.29 Å². The molecule has 0 saturated carbocycles. The van der Waals surface area contributed by atoms with Crippen molar-refractivity contribution in [3.63, 3.8) is 0 Å². The van der Waals surface area contributed by atoms with E-state index in [1.54, 1.807) is 6.08 Å². The van der Waals surface area contributed by atoms with Crippen molar-refractivity contribution in [1.29, 1.82) is 0 Å². The average Bonchev–Trinajstić information content (AvgIpc) is 3.30. The Balaban J connectivity index is 2.21. The molecule has 0 spiro atoms. The predicted molar refractivity (Wildman–Crippen MR) is 264 cm³/mol. The third-order valence-corrected chi connectivity index (χ3v) is 11.5. The lowest BCUT2D eigenvalue weighted by atomic mass is 9.99. The first kappa shape index (κ1) is 60.1. The number of hydrogen-bond acceptors (Lipinski definition) is 10. The Bertz CT molecular complexity index is 1310. The van der Waals surface area contributed by atoms with E-state index in [9.17, 15) is 35.1 Å². The van der Waals surface area contributed by atoms with E-state index in [0.717, 1.165) is 77.0 Å². The fourth-order valence-corrected chi connectivity index (χ4v) is 7.40. The second kappa shape index (κ2) is 43.7. The fraction of sp³-hybridized carbons (Fsp3) is 0.741. The molecule has 1 saturated heterocycles. The van der Waals surface area contributed by atoms with Gasteiger partial charge in [0.05, 0.1) is 32.0 Å². The summed E-state index contributed by atoms with van der Waals surface area (Å²) in [6, 6.07) is -0.879. The van der Waals surface area contributed by atoms with Crippen molar-refractivity contribution >= 4 is 11.9 Å². The minimum Gasteiger partial charge on any atom is -0.466 e. The van der Waals surface area contributed by atoms with Crippen LogP contribution in [0, 0.1) is 0 Å². The van der Waals surface area contributed by atoms with Gasteiger partial charge in [-0.1, -0.05) is 157 Å². The van der Waals surface area contributed by atoms with Crippen LogP contribution in [0.5, 0.6) is 0 Å². The molecular weight excluding hydrogens is 823 g/mol. The quantitative estimate of drug-likeness (QED) is 0.0196. The number of unbranched alkanes of at least 4 members (excludes halogenated alkanes) is 18. The molecule has 1 rings (SSSR count). The van der Waals surface area contributed by atoms with Crippen molar-refractivity contribution < 1.29 is 49.3 Å². The molecule has 374 valence electrons. The summed E-state index contributed by atoms with van der Waals surface area (Å²) < 4.78 is 16.6. The number of hydrogen-bond donors (Lipinski definition) is 6. The molecule has 7 unspecified atom stereocenters. The van der Waals surface area contributed by atoms with Gasteiger partial charge in [0, 0.05) is 12.8 Å². The van der Waals surface area contributed by atoms with Gasteiger partial charge >= 0.3 is 5.97 Å². The molecule has 0 aromatic rings. The zero-order valence-corrected chi connectivity index (χ0v) is 40.7. The summed E-state index contributed by atoms with van der Waals surface area (Å²) in [7, 11) is 0. The highest BCUT2D eigenvalue weighted by Gasteiger charge is 2.44. The van der Waals surface area contributed by atoms with Crippen molar-refractivity contribution in [2.45, 2.75) is 236 Å². The van der Waals surface area contributed by atoms with Crippen molar-refractivity contribution in [3.05, 3.63) is 72.9 Å². The van der Waals surface area contributed by atoms with E-state index in [1.165, 1.54) is 77.0 Å².